The van der Waals surface area contributed by atoms with Crippen LogP contribution in [0.1, 0.15) is 19.8 Å². The lowest BCUT2D eigenvalue weighted by atomic mass is 10.1. The Kier molecular flexibility index (Phi) is 4.26. The Morgan fingerprint density at radius 3 is 2.65 bits per heavy atom. The molecular weight excluding hydrogens is 249 g/mol. The first-order valence-corrected chi connectivity index (χ1v) is 7.12. The lowest BCUT2D eigenvalue weighted by Gasteiger charge is -2.39. The minimum Gasteiger partial charge on any atom is -0.311 e. The van der Waals surface area contributed by atoms with Gasteiger partial charge in [0.05, 0.1) is 0 Å². The van der Waals surface area contributed by atoms with Crippen LogP contribution in [0.15, 0.2) is 0 Å². The number of thioether (sulfide) groups is 1. The van der Waals surface area contributed by atoms with E-state index in [9.17, 15) is 13.2 Å². The Balaban J connectivity index is 1.73. The number of alkyl halides is 3. The van der Waals surface area contributed by atoms with Crippen LogP contribution < -0.4 is 5.32 Å². The summed E-state index contributed by atoms with van der Waals surface area (Å²) < 4.78 is 36.2. The summed E-state index contributed by atoms with van der Waals surface area (Å²) in [7, 11) is 0. The summed E-state index contributed by atoms with van der Waals surface area (Å²) in [5, 5.41) is 3.50. The largest absolute Gasteiger partial charge is 0.441 e. The smallest absolute Gasteiger partial charge is 0.311 e. The third kappa shape index (κ3) is 4.34. The average molecular weight is 268 g/mol. The topological polar surface area (TPSA) is 15.3 Å². The highest BCUT2D eigenvalue weighted by atomic mass is 32.2. The molecule has 1 aliphatic heterocycles. The molecule has 0 spiro atoms. The van der Waals surface area contributed by atoms with E-state index in [1.54, 1.807) is 0 Å². The van der Waals surface area contributed by atoms with Gasteiger partial charge in [-0.05, 0) is 37.4 Å². The Labute approximate surface area is 104 Å². The van der Waals surface area contributed by atoms with Crippen molar-refractivity contribution in [3.05, 3.63) is 0 Å². The molecule has 1 heterocycles. The van der Waals surface area contributed by atoms with Crippen LogP contribution in [0, 0.1) is 5.92 Å². The second-order valence-corrected chi connectivity index (χ2v) is 6.15. The van der Waals surface area contributed by atoms with Gasteiger partial charge >= 0.3 is 5.51 Å². The van der Waals surface area contributed by atoms with Crippen molar-refractivity contribution in [1.29, 1.82) is 0 Å². The second-order valence-electron chi connectivity index (χ2n) is 4.99. The average Bonchev–Trinajstić information content (AvgIpc) is 3.02. The van der Waals surface area contributed by atoms with Crippen LogP contribution in [-0.4, -0.2) is 47.9 Å². The molecule has 1 saturated heterocycles. The zero-order chi connectivity index (χ0) is 12.5. The summed E-state index contributed by atoms with van der Waals surface area (Å²) in [6.45, 7) is 4.42. The zero-order valence-electron chi connectivity index (χ0n) is 9.96. The molecule has 0 aromatic heterocycles. The molecule has 1 aliphatic carbocycles. The van der Waals surface area contributed by atoms with E-state index in [2.05, 4.69) is 17.1 Å². The molecule has 100 valence electrons. The summed E-state index contributed by atoms with van der Waals surface area (Å²) >= 11 is 0.0924. The van der Waals surface area contributed by atoms with Crippen LogP contribution in [0.2, 0.25) is 0 Å². The highest BCUT2D eigenvalue weighted by Gasteiger charge is 2.36. The molecule has 2 nitrogen and oxygen atoms in total. The van der Waals surface area contributed by atoms with Crippen LogP contribution >= 0.6 is 11.8 Å². The molecule has 0 radical (unpaired) electrons. The molecule has 2 aliphatic rings. The first-order valence-electron chi connectivity index (χ1n) is 6.14. The molecular formula is C11H19F3N2S. The molecule has 2 atom stereocenters. The van der Waals surface area contributed by atoms with Crippen molar-refractivity contribution in [1.82, 2.24) is 10.2 Å². The Morgan fingerprint density at radius 1 is 1.35 bits per heavy atom. The van der Waals surface area contributed by atoms with Crippen LogP contribution in [-0.2, 0) is 0 Å². The molecule has 0 amide bonds. The summed E-state index contributed by atoms with van der Waals surface area (Å²) in [5.41, 5.74) is -4.09. The number of nitrogens with one attached hydrogen (secondary N) is 1. The fraction of sp³-hybridized carbons (Fsp3) is 1.00. The molecule has 2 rings (SSSR count). The second kappa shape index (κ2) is 5.36. The minimum absolute atomic E-state index is 0.0924. The highest BCUT2D eigenvalue weighted by Crippen LogP contribution is 2.34. The highest BCUT2D eigenvalue weighted by molar-refractivity contribution is 8.00. The predicted molar refractivity (Wildman–Crippen MR) is 64.1 cm³/mol. The Morgan fingerprint density at radius 2 is 2.06 bits per heavy atom. The molecule has 0 aromatic rings. The van der Waals surface area contributed by atoms with E-state index in [-0.39, 0.29) is 17.5 Å². The maximum Gasteiger partial charge on any atom is 0.441 e. The molecule has 2 fully saturated rings. The number of hydrogen-bond donors (Lipinski definition) is 1. The fourth-order valence-corrected chi connectivity index (χ4v) is 2.91. The van der Waals surface area contributed by atoms with Crippen molar-refractivity contribution >= 4 is 11.8 Å². The summed E-state index contributed by atoms with van der Waals surface area (Å²) in [5.74, 6) is 0.908. The predicted octanol–water partition coefficient (Wildman–Crippen LogP) is 2.31. The lowest BCUT2D eigenvalue weighted by molar-refractivity contribution is -0.0329. The SMILES string of the molecule is CC1CNC(C2CC2)CN1CCSC(F)(F)F. The van der Waals surface area contributed by atoms with E-state index in [1.807, 2.05) is 0 Å². The van der Waals surface area contributed by atoms with Gasteiger partial charge in [-0.3, -0.25) is 4.90 Å². The van der Waals surface area contributed by atoms with E-state index >= 15 is 0 Å². The summed E-state index contributed by atoms with van der Waals surface area (Å²) in [6.07, 6.45) is 2.55. The van der Waals surface area contributed by atoms with Gasteiger partial charge in [-0.25, -0.2) is 0 Å². The van der Waals surface area contributed by atoms with E-state index in [1.165, 1.54) is 12.8 Å². The van der Waals surface area contributed by atoms with Crippen LogP contribution in [0.25, 0.3) is 0 Å². The van der Waals surface area contributed by atoms with Gasteiger partial charge in [-0.2, -0.15) is 13.2 Å². The minimum atomic E-state index is -4.09. The van der Waals surface area contributed by atoms with Crippen LogP contribution in [0.5, 0.6) is 0 Å². The van der Waals surface area contributed by atoms with Gasteiger partial charge in [0.2, 0.25) is 0 Å². The molecule has 0 aromatic carbocycles. The zero-order valence-corrected chi connectivity index (χ0v) is 10.8. The molecule has 1 saturated carbocycles. The Bertz CT molecular complexity index is 256. The van der Waals surface area contributed by atoms with E-state index in [0.29, 0.717) is 18.6 Å². The van der Waals surface area contributed by atoms with Gasteiger partial charge in [0.1, 0.15) is 0 Å². The normalized spacial score (nSPS) is 31.8. The summed E-state index contributed by atoms with van der Waals surface area (Å²) in [6, 6.07) is 0.848. The standard InChI is InChI=1S/C11H19F3N2S/c1-8-6-15-10(9-2-3-9)7-16(8)4-5-17-11(12,13)14/h8-10,15H,2-7H2,1H3. The molecule has 1 N–H and O–H groups in total. The molecule has 0 bridgehead atoms. The first kappa shape index (κ1) is 13.5. The maximum atomic E-state index is 12.1. The van der Waals surface area contributed by atoms with Crippen molar-refractivity contribution in [3.63, 3.8) is 0 Å². The summed E-state index contributed by atoms with van der Waals surface area (Å²) in [4.78, 5) is 2.19. The number of halogens is 3. The van der Waals surface area contributed by atoms with Crippen molar-refractivity contribution < 1.29 is 13.2 Å². The quantitative estimate of drug-likeness (QED) is 0.842. The van der Waals surface area contributed by atoms with Crippen molar-refractivity contribution in [2.24, 2.45) is 5.92 Å². The molecule has 2 unspecified atom stereocenters. The van der Waals surface area contributed by atoms with Gasteiger partial charge < -0.3 is 5.32 Å². The molecule has 6 heteroatoms. The van der Waals surface area contributed by atoms with E-state index in [0.717, 1.165) is 19.0 Å². The van der Waals surface area contributed by atoms with Crippen LogP contribution in [0.3, 0.4) is 0 Å². The van der Waals surface area contributed by atoms with Gasteiger partial charge in [0.15, 0.2) is 0 Å². The monoisotopic (exact) mass is 268 g/mol. The van der Waals surface area contributed by atoms with Gasteiger partial charge in [0, 0.05) is 37.5 Å². The van der Waals surface area contributed by atoms with Crippen molar-refractivity contribution in [2.45, 2.75) is 37.4 Å². The molecule has 17 heavy (non-hydrogen) atoms. The van der Waals surface area contributed by atoms with Gasteiger partial charge in [-0.15, -0.1) is 0 Å². The first-order chi connectivity index (χ1) is 7.96. The van der Waals surface area contributed by atoms with Crippen LogP contribution in [0.4, 0.5) is 13.2 Å². The number of rotatable bonds is 4. The number of hydrogen-bond acceptors (Lipinski definition) is 3. The maximum absolute atomic E-state index is 12.1. The van der Waals surface area contributed by atoms with Crippen molar-refractivity contribution in [2.75, 3.05) is 25.4 Å². The van der Waals surface area contributed by atoms with Crippen molar-refractivity contribution in [3.8, 4) is 0 Å². The van der Waals surface area contributed by atoms with Gasteiger partial charge in [-0.1, -0.05) is 0 Å². The number of nitrogens with zero attached hydrogens (tertiary/aromatic N) is 1. The Hall–Kier alpha value is 0.0600. The number of piperazine rings is 1. The lowest BCUT2D eigenvalue weighted by Crippen LogP contribution is -2.56. The van der Waals surface area contributed by atoms with E-state index < -0.39 is 5.51 Å². The third-order valence-corrected chi connectivity index (χ3v) is 4.28. The van der Waals surface area contributed by atoms with E-state index in [4.69, 9.17) is 0 Å². The van der Waals surface area contributed by atoms with Gasteiger partial charge in [0.25, 0.3) is 0 Å². The fourth-order valence-electron chi connectivity index (χ4n) is 2.35. The third-order valence-electron chi connectivity index (χ3n) is 3.57.